The van der Waals surface area contributed by atoms with Gasteiger partial charge in [0.2, 0.25) is 0 Å². The van der Waals surface area contributed by atoms with Gasteiger partial charge >= 0.3 is 0 Å². The van der Waals surface area contributed by atoms with Gasteiger partial charge in [-0.05, 0) is 13.0 Å². The van der Waals surface area contributed by atoms with E-state index in [1.54, 1.807) is 0 Å². The molecule has 1 aromatic rings. The molecule has 1 heterocycles. The van der Waals surface area contributed by atoms with Crippen LogP contribution < -0.4 is 10.1 Å². The number of nitrogens with one attached hydrogen (secondary N) is 1. The molecular weight excluding hydrogens is 250 g/mol. The van der Waals surface area contributed by atoms with Crippen molar-refractivity contribution in [1.29, 1.82) is 0 Å². The Morgan fingerprint density at radius 1 is 1.20 bits per heavy atom. The third kappa shape index (κ3) is 5.87. The number of rotatable bonds is 10. The van der Waals surface area contributed by atoms with Gasteiger partial charge in [-0.15, -0.1) is 0 Å². The zero-order valence-electron chi connectivity index (χ0n) is 13.4. The quantitative estimate of drug-likeness (QED) is 0.664. The van der Waals surface area contributed by atoms with Gasteiger partial charge in [-0.2, -0.15) is 0 Å². The molecule has 0 amide bonds. The highest BCUT2D eigenvalue weighted by Gasteiger charge is 2.10. The molecule has 0 saturated heterocycles. The molecule has 1 aromatic heterocycles. The zero-order valence-corrected chi connectivity index (χ0v) is 13.4. The molecule has 0 aliphatic heterocycles. The lowest BCUT2D eigenvalue weighted by atomic mass is 10.2. The molecule has 0 spiro atoms. The van der Waals surface area contributed by atoms with Crippen molar-refractivity contribution in [2.45, 2.75) is 65.8 Å². The fraction of sp³-hybridized carbons (Fsp3) is 0.750. The summed E-state index contributed by atoms with van der Waals surface area (Å²) in [5.74, 6) is 2.05. The van der Waals surface area contributed by atoms with Gasteiger partial charge in [-0.3, -0.25) is 0 Å². The average molecular weight is 279 g/mol. The second-order valence-corrected chi connectivity index (χ2v) is 5.38. The summed E-state index contributed by atoms with van der Waals surface area (Å²) in [6, 6.07) is 0. The highest BCUT2D eigenvalue weighted by atomic mass is 16.5. The van der Waals surface area contributed by atoms with Crippen molar-refractivity contribution < 1.29 is 4.74 Å². The van der Waals surface area contributed by atoms with E-state index in [1.165, 1.54) is 19.3 Å². The van der Waals surface area contributed by atoms with E-state index >= 15 is 0 Å². The van der Waals surface area contributed by atoms with E-state index < -0.39 is 0 Å². The van der Waals surface area contributed by atoms with Gasteiger partial charge in [0.15, 0.2) is 5.75 Å². The average Bonchev–Trinajstić information content (AvgIpc) is 2.45. The van der Waals surface area contributed by atoms with Gasteiger partial charge in [0.1, 0.15) is 5.82 Å². The second kappa shape index (κ2) is 9.70. The van der Waals surface area contributed by atoms with Crippen LogP contribution in [-0.4, -0.2) is 23.1 Å². The van der Waals surface area contributed by atoms with Crippen LogP contribution in [0, 0.1) is 0 Å². The number of aromatic nitrogens is 2. The molecule has 0 aromatic carbocycles. The molecule has 0 atom stereocenters. The lowest BCUT2D eigenvalue weighted by Gasteiger charge is -2.13. The molecule has 0 unspecified atom stereocenters. The van der Waals surface area contributed by atoms with Gasteiger partial charge < -0.3 is 10.1 Å². The normalized spacial score (nSPS) is 11.1. The Morgan fingerprint density at radius 3 is 2.65 bits per heavy atom. The first kappa shape index (κ1) is 16.9. The molecular formula is C16H29N3O. The summed E-state index contributed by atoms with van der Waals surface area (Å²) in [5.41, 5.74) is 0.973. The first-order valence-electron chi connectivity index (χ1n) is 7.88. The van der Waals surface area contributed by atoms with E-state index in [1.807, 2.05) is 6.20 Å². The summed E-state index contributed by atoms with van der Waals surface area (Å²) in [5, 5.41) is 3.31. The highest BCUT2D eigenvalue weighted by Crippen LogP contribution is 2.19. The van der Waals surface area contributed by atoms with Crippen LogP contribution in [-0.2, 0) is 6.54 Å². The Kier molecular flexibility index (Phi) is 8.19. The summed E-state index contributed by atoms with van der Waals surface area (Å²) >= 11 is 0. The SMILES string of the molecule is CCCCCCOc1cnc(C(C)C)nc1CNCC. The summed E-state index contributed by atoms with van der Waals surface area (Å²) in [6.07, 6.45) is 6.67. The van der Waals surface area contributed by atoms with Crippen molar-refractivity contribution in [3.05, 3.63) is 17.7 Å². The van der Waals surface area contributed by atoms with Gasteiger partial charge in [0.05, 0.1) is 18.5 Å². The van der Waals surface area contributed by atoms with Crippen LogP contribution in [0.5, 0.6) is 5.75 Å². The van der Waals surface area contributed by atoms with Crippen molar-refractivity contribution in [2.24, 2.45) is 0 Å². The molecule has 0 radical (unpaired) electrons. The summed E-state index contributed by atoms with van der Waals surface area (Å²) in [7, 11) is 0. The molecule has 20 heavy (non-hydrogen) atoms. The fourth-order valence-corrected chi connectivity index (χ4v) is 1.90. The number of hydrogen-bond donors (Lipinski definition) is 1. The number of ether oxygens (including phenoxy) is 1. The van der Waals surface area contributed by atoms with E-state index in [0.29, 0.717) is 5.92 Å². The molecule has 0 aliphatic carbocycles. The topological polar surface area (TPSA) is 47.0 Å². The number of unbranched alkanes of at least 4 members (excludes halogenated alkanes) is 3. The smallest absolute Gasteiger partial charge is 0.160 e. The van der Waals surface area contributed by atoms with Gasteiger partial charge in [0, 0.05) is 12.5 Å². The Balaban J connectivity index is 2.62. The van der Waals surface area contributed by atoms with Crippen LogP contribution in [0.15, 0.2) is 6.20 Å². The minimum atomic E-state index is 0.342. The first-order chi connectivity index (χ1) is 9.69. The molecule has 1 rings (SSSR count). The Hall–Kier alpha value is -1.16. The lowest BCUT2D eigenvalue weighted by Crippen LogP contribution is -2.16. The molecule has 4 nitrogen and oxygen atoms in total. The maximum absolute atomic E-state index is 5.85. The van der Waals surface area contributed by atoms with Crippen LogP contribution >= 0.6 is 0 Å². The van der Waals surface area contributed by atoms with E-state index in [9.17, 15) is 0 Å². The Morgan fingerprint density at radius 2 is 2.00 bits per heavy atom. The van der Waals surface area contributed by atoms with E-state index in [2.05, 4.69) is 43.0 Å². The van der Waals surface area contributed by atoms with Crippen LogP contribution in [0.3, 0.4) is 0 Å². The molecule has 0 saturated carbocycles. The molecule has 0 fully saturated rings. The third-order valence-corrected chi connectivity index (χ3v) is 3.16. The summed E-state index contributed by atoms with van der Waals surface area (Å²) < 4.78 is 5.85. The molecule has 1 N–H and O–H groups in total. The Labute approximate surface area is 123 Å². The maximum atomic E-state index is 5.85. The van der Waals surface area contributed by atoms with Crippen molar-refractivity contribution in [1.82, 2.24) is 15.3 Å². The fourth-order valence-electron chi connectivity index (χ4n) is 1.90. The molecule has 0 aliphatic rings. The number of hydrogen-bond acceptors (Lipinski definition) is 4. The minimum absolute atomic E-state index is 0.342. The monoisotopic (exact) mass is 279 g/mol. The molecule has 0 bridgehead atoms. The van der Waals surface area contributed by atoms with Crippen molar-refractivity contribution in [3.8, 4) is 5.75 Å². The standard InChI is InChI=1S/C16H29N3O/c1-5-7-8-9-10-20-15-12-18-16(13(3)4)19-14(15)11-17-6-2/h12-13,17H,5-11H2,1-4H3. The first-order valence-corrected chi connectivity index (χ1v) is 7.88. The molecule has 114 valence electrons. The van der Waals surface area contributed by atoms with Crippen LogP contribution in [0.2, 0.25) is 0 Å². The minimum Gasteiger partial charge on any atom is -0.490 e. The van der Waals surface area contributed by atoms with E-state index in [-0.39, 0.29) is 0 Å². The lowest BCUT2D eigenvalue weighted by molar-refractivity contribution is 0.297. The highest BCUT2D eigenvalue weighted by molar-refractivity contribution is 5.25. The predicted octanol–water partition coefficient (Wildman–Crippen LogP) is 3.67. The Bertz CT molecular complexity index is 380. The summed E-state index contributed by atoms with van der Waals surface area (Å²) in [6.45, 7) is 10.9. The van der Waals surface area contributed by atoms with Gasteiger partial charge in [-0.1, -0.05) is 47.0 Å². The van der Waals surface area contributed by atoms with Crippen LogP contribution in [0.1, 0.15) is 70.8 Å². The van der Waals surface area contributed by atoms with Crippen molar-refractivity contribution in [2.75, 3.05) is 13.2 Å². The third-order valence-electron chi connectivity index (χ3n) is 3.16. The predicted molar refractivity (Wildman–Crippen MR) is 83.1 cm³/mol. The maximum Gasteiger partial charge on any atom is 0.160 e. The number of nitrogens with zero attached hydrogens (tertiary/aromatic N) is 2. The van der Waals surface area contributed by atoms with Crippen molar-refractivity contribution in [3.63, 3.8) is 0 Å². The zero-order chi connectivity index (χ0) is 14.8. The van der Waals surface area contributed by atoms with Gasteiger partial charge in [-0.25, -0.2) is 9.97 Å². The second-order valence-electron chi connectivity index (χ2n) is 5.38. The summed E-state index contributed by atoms with van der Waals surface area (Å²) in [4.78, 5) is 9.02. The molecule has 4 heteroatoms. The van der Waals surface area contributed by atoms with Gasteiger partial charge in [0.25, 0.3) is 0 Å². The van der Waals surface area contributed by atoms with Crippen LogP contribution in [0.25, 0.3) is 0 Å². The largest absolute Gasteiger partial charge is 0.490 e. The van der Waals surface area contributed by atoms with E-state index in [0.717, 1.165) is 43.4 Å². The van der Waals surface area contributed by atoms with Crippen molar-refractivity contribution >= 4 is 0 Å². The van der Waals surface area contributed by atoms with E-state index in [4.69, 9.17) is 4.74 Å². The van der Waals surface area contributed by atoms with Crippen LogP contribution in [0.4, 0.5) is 0 Å².